The molecule has 1 aromatic rings. The van der Waals surface area contributed by atoms with E-state index in [0.717, 1.165) is 12.0 Å². The van der Waals surface area contributed by atoms with Crippen molar-refractivity contribution in [2.45, 2.75) is 25.3 Å². The van der Waals surface area contributed by atoms with Crippen LogP contribution in [0.3, 0.4) is 0 Å². The molecule has 120 valence electrons. The highest BCUT2D eigenvalue weighted by atomic mass is 16.3. The molecule has 1 aromatic carbocycles. The highest BCUT2D eigenvalue weighted by Crippen LogP contribution is 2.24. The standard InChI is InChI=1S/C15H21N3O4/c16-9-14(21)18-7-1-2-11(18)15(22)17-6-5-10-3-4-12(19)13(20)8-10/h3-4,8,11,19-20H,1-2,5-7,9,16H2,(H,17,22)/t11-/m0/s1. The summed E-state index contributed by atoms with van der Waals surface area (Å²) in [5.74, 6) is -0.738. The summed E-state index contributed by atoms with van der Waals surface area (Å²) in [5.41, 5.74) is 6.15. The van der Waals surface area contributed by atoms with Crippen molar-refractivity contribution in [2.24, 2.45) is 5.73 Å². The number of nitrogens with zero attached hydrogens (tertiary/aromatic N) is 1. The number of carbonyl (C=O) groups excluding carboxylic acids is 2. The van der Waals surface area contributed by atoms with Crippen molar-refractivity contribution >= 4 is 11.8 Å². The third-order valence-corrected chi connectivity index (χ3v) is 3.80. The van der Waals surface area contributed by atoms with E-state index in [4.69, 9.17) is 5.73 Å². The molecule has 0 aromatic heterocycles. The van der Waals surface area contributed by atoms with Crippen LogP contribution in [0.15, 0.2) is 18.2 Å². The molecular weight excluding hydrogens is 286 g/mol. The van der Waals surface area contributed by atoms with Gasteiger partial charge in [0.2, 0.25) is 11.8 Å². The Morgan fingerprint density at radius 3 is 2.77 bits per heavy atom. The number of benzene rings is 1. The third-order valence-electron chi connectivity index (χ3n) is 3.80. The minimum absolute atomic E-state index is 0.0867. The van der Waals surface area contributed by atoms with Gasteiger partial charge in [-0.2, -0.15) is 0 Å². The molecule has 7 nitrogen and oxygen atoms in total. The van der Waals surface area contributed by atoms with E-state index >= 15 is 0 Å². The molecule has 0 unspecified atom stereocenters. The summed E-state index contributed by atoms with van der Waals surface area (Å²) >= 11 is 0. The molecule has 0 aliphatic carbocycles. The molecular formula is C15H21N3O4. The van der Waals surface area contributed by atoms with Crippen LogP contribution in [0.5, 0.6) is 11.5 Å². The van der Waals surface area contributed by atoms with Crippen LogP contribution in [0.2, 0.25) is 0 Å². The predicted molar refractivity (Wildman–Crippen MR) is 80.3 cm³/mol. The van der Waals surface area contributed by atoms with Gasteiger partial charge in [0.1, 0.15) is 6.04 Å². The topological polar surface area (TPSA) is 116 Å². The Balaban J connectivity index is 1.84. The fraction of sp³-hybridized carbons (Fsp3) is 0.467. The lowest BCUT2D eigenvalue weighted by Gasteiger charge is -2.23. The number of rotatable bonds is 5. The molecule has 1 aliphatic heterocycles. The normalized spacial score (nSPS) is 17.5. The van der Waals surface area contributed by atoms with Crippen LogP contribution >= 0.6 is 0 Å². The van der Waals surface area contributed by atoms with Crippen molar-refractivity contribution in [3.05, 3.63) is 23.8 Å². The lowest BCUT2D eigenvalue weighted by molar-refractivity contribution is -0.137. The second kappa shape index (κ2) is 7.13. The SMILES string of the molecule is NCC(=O)N1CCC[C@H]1C(=O)NCCc1ccc(O)c(O)c1. The molecule has 1 atom stereocenters. The number of amides is 2. The highest BCUT2D eigenvalue weighted by molar-refractivity contribution is 5.88. The first-order valence-corrected chi connectivity index (χ1v) is 7.31. The molecule has 7 heteroatoms. The molecule has 0 bridgehead atoms. The second-order valence-electron chi connectivity index (χ2n) is 5.31. The summed E-state index contributed by atoms with van der Waals surface area (Å²) in [6, 6.07) is 4.11. The van der Waals surface area contributed by atoms with E-state index in [1.54, 1.807) is 6.07 Å². The molecule has 1 saturated heterocycles. The number of hydrogen-bond donors (Lipinski definition) is 4. The Morgan fingerprint density at radius 1 is 1.32 bits per heavy atom. The van der Waals surface area contributed by atoms with E-state index in [2.05, 4.69) is 5.32 Å². The number of likely N-dealkylation sites (tertiary alicyclic amines) is 1. The molecule has 1 aliphatic rings. The first-order chi connectivity index (χ1) is 10.5. The van der Waals surface area contributed by atoms with Crippen LogP contribution in [0, 0.1) is 0 Å². The van der Waals surface area contributed by atoms with E-state index in [-0.39, 0.29) is 29.9 Å². The second-order valence-corrected chi connectivity index (χ2v) is 5.31. The summed E-state index contributed by atoms with van der Waals surface area (Å²) < 4.78 is 0. The Kier molecular flexibility index (Phi) is 5.21. The van der Waals surface area contributed by atoms with Crippen LogP contribution in [0.1, 0.15) is 18.4 Å². The van der Waals surface area contributed by atoms with Gasteiger partial charge in [-0.3, -0.25) is 9.59 Å². The first kappa shape index (κ1) is 16.1. The number of phenols is 2. The lowest BCUT2D eigenvalue weighted by atomic mass is 10.1. The summed E-state index contributed by atoms with van der Waals surface area (Å²) in [6.07, 6.45) is 1.98. The Bertz CT molecular complexity index is 562. The molecule has 2 rings (SSSR count). The number of carbonyl (C=O) groups is 2. The number of phenolic OH excluding ortho intramolecular Hbond substituents is 2. The van der Waals surface area contributed by atoms with Gasteiger partial charge in [0.25, 0.3) is 0 Å². The smallest absolute Gasteiger partial charge is 0.242 e. The van der Waals surface area contributed by atoms with Crippen LogP contribution in [-0.4, -0.2) is 52.6 Å². The van der Waals surface area contributed by atoms with Gasteiger partial charge in [-0.05, 0) is 37.0 Å². The van der Waals surface area contributed by atoms with Crippen LogP contribution in [0.25, 0.3) is 0 Å². The predicted octanol–water partition coefficient (Wildman–Crippen LogP) is -0.294. The molecule has 5 N–H and O–H groups in total. The van der Waals surface area contributed by atoms with E-state index < -0.39 is 6.04 Å². The molecule has 0 spiro atoms. The van der Waals surface area contributed by atoms with Crippen molar-refractivity contribution in [1.82, 2.24) is 10.2 Å². The van der Waals surface area contributed by atoms with E-state index in [1.807, 2.05) is 0 Å². The number of nitrogens with two attached hydrogens (primary N) is 1. The van der Waals surface area contributed by atoms with Gasteiger partial charge in [-0.15, -0.1) is 0 Å². The zero-order valence-electron chi connectivity index (χ0n) is 12.3. The maximum Gasteiger partial charge on any atom is 0.242 e. The first-order valence-electron chi connectivity index (χ1n) is 7.31. The fourth-order valence-electron chi connectivity index (χ4n) is 2.63. The molecule has 0 saturated carbocycles. The Morgan fingerprint density at radius 2 is 2.09 bits per heavy atom. The van der Waals surface area contributed by atoms with Crippen LogP contribution in [0.4, 0.5) is 0 Å². The zero-order chi connectivity index (χ0) is 16.1. The number of nitrogens with one attached hydrogen (secondary N) is 1. The van der Waals surface area contributed by atoms with Crippen LogP contribution in [-0.2, 0) is 16.0 Å². The summed E-state index contributed by atoms with van der Waals surface area (Å²) in [5, 5.41) is 21.4. The maximum atomic E-state index is 12.2. The monoisotopic (exact) mass is 307 g/mol. The average Bonchev–Trinajstić information content (AvgIpc) is 2.99. The van der Waals surface area contributed by atoms with Crippen molar-refractivity contribution in [3.8, 4) is 11.5 Å². The third kappa shape index (κ3) is 3.67. The van der Waals surface area contributed by atoms with Gasteiger partial charge in [-0.25, -0.2) is 0 Å². The lowest BCUT2D eigenvalue weighted by Crippen LogP contribution is -2.48. The summed E-state index contributed by atoms with van der Waals surface area (Å²) in [6.45, 7) is 0.876. The van der Waals surface area contributed by atoms with Crippen molar-refractivity contribution < 1.29 is 19.8 Å². The quantitative estimate of drug-likeness (QED) is 0.558. The maximum absolute atomic E-state index is 12.2. The minimum Gasteiger partial charge on any atom is -0.504 e. The van der Waals surface area contributed by atoms with Gasteiger partial charge in [-0.1, -0.05) is 6.07 Å². The minimum atomic E-state index is -0.440. The fourth-order valence-corrected chi connectivity index (χ4v) is 2.63. The van der Waals surface area contributed by atoms with Crippen molar-refractivity contribution in [1.29, 1.82) is 0 Å². The van der Waals surface area contributed by atoms with E-state index in [0.29, 0.717) is 25.9 Å². The molecule has 0 radical (unpaired) electrons. The average molecular weight is 307 g/mol. The molecule has 22 heavy (non-hydrogen) atoms. The van der Waals surface area contributed by atoms with Gasteiger partial charge < -0.3 is 26.2 Å². The largest absolute Gasteiger partial charge is 0.504 e. The van der Waals surface area contributed by atoms with Crippen molar-refractivity contribution in [3.63, 3.8) is 0 Å². The molecule has 1 fully saturated rings. The zero-order valence-corrected chi connectivity index (χ0v) is 12.3. The van der Waals surface area contributed by atoms with Gasteiger partial charge in [0, 0.05) is 13.1 Å². The molecule has 1 heterocycles. The Labute approximate surface area is 128 Å². The summed E-state index contributed by atoms with van der Waals surface area (Å²) in [4.78, 5) is 25.3. The van der Waals surface area contributed by atoms with Gasteiger partial charge >= 0.3 is 0 Å². The molecule has 2 amide bonds. The highest BCUT2D eigenvalue weighted by Gasteiger charge is 2.32. The summed E-state index contributed by atoms with van der Waals surface area (Å²) in [7, 11) is 0. The van der Waals surface area contributed by atoms with Gasteiger partial charge in [0.05, 0.1) is 6.54 Å². The Hall–Kier alpha value is -2.28. The van der Waals surface area contributed by atoms with E-state index in [1.165, 1.54) is 17.0 Å². The van der Waals surface area contributed by atoms with Crippen molar-refractivity contribution in [2.75, 3.05) is 19.6 Å². The van der Waals surface area contributed by atoms with Gasteiger partial charge in [0.15, 0.2) is 11.5 Å². The van der Waals surface area contributed by atoms with E-state index in [9.17, 15) is 19.8 Å². The number of aromatic hydroxyl groups is 2. The van der Waals surface area contributed by atoms with Crippen LogP contribution < -0.4 is 11.1 Å². The number of hydrogen-bond acceptors (Lipinski definition) is 5.